The van der Waals surface area contributed by atoms with Crippen molar-refractivity contribution in [2.75, 3.05) is 7.11 Å². The van der Waals surface area contributed by atoms with Crippen LogP contribution in [-0.4, -0.2) is 24.5 Å². The number of hydrogen-bond acceptors (Lipinski definition) is 5. The number of nitrogens with zero attached hydrogens (tertiary/aromatic N) is 1. The Hall–Kier alpha value is -2.55. The number of benzene rings is 1. The van der Waals surface area contributed by atoms with E-state index in [-0.39, 0.29) is 5.91 Å². The summed E-state index contributed by atoms with van der Waals surface area (Å²) in [4.78, 5) is 22.2. The van der Waals surface area contributed by atoms with Crippen molar-refractivity contribution < 1.29 is 19.1 Å². The highest BCUT2D eigenvalue weighted by molar-refractivity contribution is 5.74. The monoisotopic (exact) mass is 290 g/mol. The van der Waals surface area contributed by atoms with E-state index in [4.69, 9.17) is 9.47 Å². The van der Waals surface area contributed by atoms with Crippen molar-refractivity contribution in [3.63, 3.8) is 0 Å². The minimum absolute atomic E-state index is 0.275. The van der Waals surface area contributed by atoms with E-state index >= 15 is 0 Å². The van der Waals surface area contributed by atoms with Gasteiger partial charge in [0.05, 0.1) is 13.2 Å². The Bertz CT molecular complexity index is 592. The molecule has 0 aromatic heterocycles. The van der Waals surface area contributed by atoms with Gasteiger partial charge in [0, 0.05) is 20.3 Å². The van der Waals surface area contributed by atoms with E-state index < -0.39 is 11.5 Å². The Morgan fingerprint density at radius 2 is 2.00 bits per heavy atom. The predicted octanol–water partition coefficient (Wildman–Crippen LogP) is 1.58. The minimum atomic E-state index is -1.01. The SMILES string of the molecule is COc1cc(C[C@@](C)(C#N)NC(C)=O)ccc1OC(C)=O. The molecule has 0 unspecified atom stereocenters. The molecule has 6 nitrogen and oxygen atoms in total. The smallest absolute Gasteiger partial charge is 0.308 e. The quantitative estimate of drug-likeness (QED) is 0.657. The van der Waals surface area contributed by atoms with Gasteiger partial charge in [-0.05, 0) is 24.6 Å². The Balaban J connectivity index is 3.02. The molecule has 0 radical (unpaired) electrons. The van der Waals surface area contributed by atoms with Gasteiger partial charge in [-0.1, -0.05) is 6.07 Å². The predicted molar refractivity (Wildman–Crippen MR) is 75.8 cm³/mol. The lowest BCUT2D eigenvalue weighted by Crippen LogP contribution is -2.45. The van der Waals surface area contributed by atoms with Gasteiger partial charge in [0.2, 0.25) is 5.91 Å². The molecule has 0 spiro atoms. The fourth-order valence-corrected chi connectivity index (χ4v) is 1.97. The Morgan fingerprint density at radius 3 is 2.48 bits per heavy atom. The molecular weight excluding hydrogens is 272 g/mol. The minimum Gasteiger partial charge on any atom is -0.493 e. The van der Waals surface area contributed by atoms with Gasteiger partial charge in [0.25, 0.3) is 0 Å². The van der Waals surface area contributed by atoms with Crippen molar-refractivity contribution in [2.24, 2.45) is 0 Å². The second kappa shape index (κ2) is 6.75. The van der Waals surface area contributed by atoms with Crippen LogP contribution < -0.4 is 14.8 Å². The Morgan fingerprint density at radius 1 is 1.33 bits per heavy atom. The number of methoxy groups -OCH3 is 1. The standard InChI is InChI=1S/C15H18N2O4/c1-10(18)17-15(3,9-16)8-12-5-6-13(21-11(2)19)14(7-12)20-4/h5-7H,8H2,1-4H3,(H,17,18)/t15-/m0/s1. The Labute approximate surface area is 123 Å². The van der Waals surface area contributed by atoms with Gasteiger partial charge in [-0.2, -0.15) is 5.26 Å². The molecule has 0 fully saturated rings. The second-order valence-corrected chi connectivity index (χ2v) is 4.88. The third-order valence-corrected chi connectivity index (χ3v) is 2.74. The number of carbonyl (C=O) groups excluding carboxylic acids is 2. The van der Waals surface area contributed by atoms with Gasteiger partial charge in [-0.15, -0.1) is 0 Å². The zero-order chi connectivity index (χ0) is 16.0. The highest BCUT2D eigenvalue weighted by Crippen LogP contribution is 2.29. The summed E-state index contributed by atoms with van der Waals surface area (Å²) in [5.41, 5.74) is -0.236. The number of carbonyl (C=O) groups is 2. The molecule has 21 heavy (non-hydrogen) atoms. The molecular formula is C15H18N2O4. The van der Waals surface area contributed by atoms with Gasteiger partial charge in [0.15, 0.2) is 11.5 Å². The lowest BCUT2D eigenvalue weighted by atomic mass is 9.94. The van der Waals surface area contributed by atoms with Crippen molar-refractivity contribution in [3.8, 4) is 17.6 Å². The summed E-state index contributed by atoms with van der Waals surface area (Å²) in [6.07, 6.45) is 0.305. The van der Waals surface area contributed by atoms with Crippen LogP contribution in [0.2, 0.25) is 0 Å². The molecule has 0 aliphatic carbocycles. The number of rotatable bonds is 5. The normalized spacial score (nSPS) is 12.7. The van der Waals surface area contributed by atoms with Crippen LogP contribution in [0.15, 0.2) is 18.2 Å². The number of nitriles is 1. The van der Waals surface area contributed by atoms with Crippen molar-refractivity contribution in [1.29, 1.82) is 5.26 Å². The van der Waals surface area contributed by atoms with Gasteiger partial charge in [-0.3, -0.25) is 9.59 Å². The van der Waals surface area contributed by atoms with E-state index in [1.807, 2.05) is 0 Å². The summed E-state index contributed by atoms with van der Waals surface area (Å²) in [6.45, 7) is 4.30. The summed E-state index contributed by atoms with van der Waals surface area (Å²) in [7, 11) is 1.46. The van der Waals surface area contributed by atoms with E-state index in [0.717, 1.165) is 5.56 Å². The first-order chi connectivity index (χ1) is 9.79. The Kier molecular flexibility index (Phi) is 5.30. The molecule has 112 valence electrons. The van der Waals surface area contributed by atoms with Crippen LogP contribution in [0.5, 0.6) is 11.5 Å². The van der Waals surface area contributed by atoms with E-state index in [1.165, 1.54) is 21.0 Å². The summed E-state index contributed by atoms with van der Waals surface area (Å²) in [6, 6.07) is 7.08. The summed E-state index contributed by atoms with van der Waals surface area (Å²) in [5, 5.41) is 11.8. The first-order valence-corrected chi connectivity index (χ1v) is 6.35. The maximum Gasteiger partial charge on any atom is 0.308 e. The zero-order valence-electron chi connectivity index (χ0n) is 12.5. The number of ether oxygens (including phenoxy) is 2. The molecule has 0 saturated heterocycles. The molecule has 0 aliphatic heterocycles. The van der Waals surface area contributed by atoms with E-state index in [0.29, 0.717) is 17.9 Å². The molecule has 1 amide bonds. The van der Waals surface area contributed by atoms with Gasteiger partial charge < -0.3 is 14.8 Å². The molecule has 0 aliphatic rings. The van der Waals surface area contributed by atoms with Crippen LogP contribution in [0, 0.1) is 11.3 Å². The number of nitrogens with one attached hydrogen (secondary N) is 1. The van der Waals surface area contributed by atoms with Crippen LogP contribution in [0.4, 0.5) is 0 Å². The van der Waals surface area contributed by atoms with Gasteiger partial charge in [0.1, 0.15) is 5.54 Å². The van der Waals surface area contributed by atoms with Gasteiger partial charge >= 0.3 is 5.97 Å². The third kappa shape index (κ3) is 4.80. The summed E-state index contributed by atoms with van der Waals surface area (Å²) < 4.78 is 10.2. The van der Waals surface area contributed by atoms with Gasteiger partial charge in [-0.25, -0.2) is 0 Å². The number of amides is 1. The third-order valence-electron chi connectivity index (χ3n) is 2.74. The maximum atomic E-state index is 11.2. The topological polar surface area (TPSA) is 88.4 Å². The van der Waals surface area contributed by atoms with Crippen LogP contribution in [0.25, 0.3) is 0 Å². The highest BCUT2D eigenvalue weighted by atomic mass is 16.6. The highest BCUT2D eigenvalue weighted by Gasteiger charge is 2.25. The van der Waals surface area contributed by atoms with Crippen molar-refractivity contribution >= 4 is 11.9 Å². The molecule has 0 saturated carbocycles. The van der Waals surface area contributed by atoms with Crippen LogP contribution in [0.3, 0.4) is 0 Å². The van der Waals surface area contributed by atoms with Crippen LogP contribution in [0.1, 0.15) is 26.3 Å². The number of hydrogen-bond donors (Lipinski definition) is 1. The molecule has 1 rings (SSSR count). The fraction of sp³-hybridized carbons (Fsp3) is 0.400. The average Bonchev–Trinajstić information content (AvgIpc) is 2.39. The molecule has 1 atom stereocenters. The number of esters is 1. The zero-order valence-corrected chi connectivity index (χ0v) is 12.5. The lowest BCUT2D eigenvalue weighted by Gasteiger charge is -2.23. The average molecular weight is 290 g/mol. The summed E-state index contributed by atoms with van der Waals surface area (Å²) in [5.74, 6) is -0.0125. The van der Waals surface area contributed by atoms with Crippen molar-refractivity contribution in [1.82, 2.24) is 5.32 Å². The summed E-state index contributed by atoms with van der Waals surface area (Å²) >= 11 is 0. The van der Waals surface area contributed by atoms with Crippen molar-refractivity contribution in [3.05, 3.63) is 23.8 Å². The maximum absolute atomic E-state index is 11.2. The largest absolute Gasteiger partial charge is 0.493 e. The van der Waals surface area contributed by atoms with Crippen LogP contribution in [-0.2, 0) is 16.0 Å². The first-order valence-electron chi connectivity index (χ1n) is 6.35. The molecule has 1 aromatic carbocycles. The molecule has 6 heteroatoms. The van der Waals surface area contributed by atoms with Crippen LogP contribution >= 0.6 is 0 Å². The van der Waals surface area contributed by atoms with E-state index in [2.05, 4.69) is 11.4 Å². The van der Waals surface area contributed by atoms with Crippen molar-refractivity contribution in [2.45, 2.75) is 32.7 Å². The fourth-order valence-electron chi connectivity index (χ4n) is 1.97. The lowest BCUT2D eigenvalue weighted by molar-refractivity contribution is -0.132. The molecule has 1 N–H and O–H groups in total. The molecule has 0 heterocycles. The second-order valence-electron chi connectivity index (χ2n) is 4.88. The van der Waals surface area contributed by atoms with E-state index in [9.17, 15) is 14.9 Å². The molecule has 1 aromatic rings. The molecule has 0 bridgehead atoms. The van der Waals surface area contributed by atoms with E-state index in [1.54, 1.807) is 25.1 Å². The first kappa shape index (κ1) is 16.5.